The summed E-state index contributed by atoms with van der Waals surface area (Å²) in [5, 5.41) is 8.44. The number of hydrazine groups is 1. The molecule has 0 fully saturated rings. The zero-order chi connectivity index (χ0) is 8.97. The van der Waals surface area contributed by atoms with Crippen molar-refractivity contribution in [2.75, 3.05) is 0 Å². The number of amides is 1. The van der Waals surface area contributed by atoms with Crippen molar-refractivity contribution in [3.63, 3.8) is 0 Å². The van der Waals surface area contributed by atoms with Gasteiger partial charge in [-0.25, -0.2) is 10.8 Å². The van der Waals surface area contributed by atoms with Gasteiger partial charge in [0, 0.05) is 11.8 Å². The fraction of sp³-hybridized carbons (Fsp3) is 0. The molecule has 1 aromatic heterocycles. The molecular formula is C7H6N4O. The third-order valence-electron chi connectivity index (χ3n) is 1.27. The molecule has 0 bridgehead atoms. The molecule has 0 saturated carbocycles. The maximum absolute atomic E-state index is 10.9. The molecule has 0 radical (unpaired) electrons. The summed E-state index contributed by atoms with van der Waals surface area (Å²) < 4.78 is 0. The van der Waals surface area contributed by atoms with E-state index < -0.39 is 5.91 Å². The van der Waals surface area contributed by atoms with E-state index in [1.165, 1.54) is 18.3 Å². The van der Waals surface area contributed by atoms with E-state index in [2.05, 4.69) is 4.98 Å². The molecule has 5 heteroatoms. The lowest BCUT2D eigenvalue weighted by molar-refractivity contribution is 0.0953. The number of carbonyl (C=O) groups is 1. The molecule has 0 aliphatic heterocycles. The van der Waals surface area contributed by atoms with Gasteiger partial charge in [-0.1, -0.05) is 0 Å². The van der Waals surface area contributed by atoms with Gasteiger partial charge in [-0.15, -0.1) is 0 Å². The lowest BCUT2D eigenvalue weighted by Gasteiger charge is -1.97. The molecule has 0 atom stereocenters. The molecule has 0 unspecified atom stereocenters. The smallest absolute Gasteiger partial charge is 0.265 e. The van der Waals surface area contributed by atoms with Crippen LogP contribution >= 0.6 is 0 Å². The molecule has 1 amide bonds. The zero-order valence-corrected chi connectivity index (χ0v) is 6.11. The van der Waals surface area contributed by atoms with Crippen LogP contribution in [0.5, 0.6) is 0 Å². The van der Waals surface area contributed by atoms with Crippen LogP contribution in [0.4, 0.5) is 0 Å². The highest BCUT2D eigenvalue weighted by molar-refractivity contribution is 5.93. The minimum atomic E-state index is -0.436. The number of nitrogens with one attached hydrogen (secondary N) is 1. The number of rotatable bonds is 1. The van der Waals surface area contributed by atoms with Crippen LogP contribution in [-0.4, -0.2) is 10.9 Å². The summed E-state index contributed by atoms with van der Waals surface area (Å²) in [4.78, 5) is 14.6. The first-order valence-electron chi connectivity index (χ1n) is 3.15. The average Bonchev–Trinajstić information content (AvgIpc) is 2.17. The van der Waals surface area contributed by atoms with Gasteiger partial charge in [0.1, 0.15) is 11.8 Å². The van der Waals surface area contributed by atoms with Crippen LogP contribution < -0.4 is 11.3 Å². The number of pyridine rings is 1. The maximum atomic E-state index is 10.9. The first kappa shape index (κ1) is 8.17. The van der Waals surface area contributed by atoms with E-state index in [-0.39, 0.29) is 5.69 Å². The second kappa shape index (κ2) is 3.46. The van der Waals surface area contributed by atoms with E-state index in [9.17, 15) is 4.79 Å². The fourth-order valence-electron chi connectivity index (χ4n) is 0.716. The SMILES string of the molecule is N#Cc1cc(C(=O)NN)ccn1. The second-order valence-electron chi connectivity index (χ2n) is 2.02. The molecule has 0 saturated heterocycles. The molecule has 0 spiro atoms. The molecule has 1 heterocycles. The number of hydrogen-bond donors (Lipinski definition) is 2. The van der Waals surface area contributed by atoms with Crippen LogP contribution in [0, 0.1) is 11.3 Å². The zero-order valence-electron chi connectivity index (χ0n) is 6.11. The molecule has 0 aliphatic carbocycles. The maximum Gasteiger partial charge on any atom is 0.265 e. The van der Waals surface area contributed by atoms with Crippen LogP contribution in [-0.2, 0) is 0 Å². The predicted octanol–water partition coefficient (Wildman–Crippen LogP) is -0.443. The van der Waals surface area contributed by atoms with Gasteiger partial charge in [0.25, 0.3) is 5.91 Å². The molecule has 1 aromatic rings. The number of nitrogens with two attached hydrogens (primary N) is 1. The van der Waals surface area contributed by atoms with Gasteiger partial charge >= 0.3 is 0 Å². The largest absolute Gasteiger partial charge is 0.290 e. The topological polar surface area (TPSA) is 91.8 Å². The van der Waals surface area contributed by atoms with Crippen molar-refractivity contribution in [2.45, 2.75) is 0 Å². The quantitative estimate of drug-likeness (QED) is 0.332. The molecular weight excluding hydrogens is 156 g/mol. The van der Waals surface area contributed by atoms with E-state index in [0.29, 0.717) is 5.56 Å². The van der Waals surface area contributed by atoms with Gasteiger partial charge in [0.05, 0.1) is 0 Å². The van der Waals surface area contributed by atoms with E-state index >= 15 is 0 Å². The summed E-state index contributed by atoms with van der Waals surface area (Å²) in [6.07, 6.45) is 1.38. The van der Waals surface area contributed by atoms with Crippen LogP contribution in [0.25, 0.3) is 0 Å². The molecule has 12 heavy (non-hydrogen) atoms. The number of carbonyl (C=O) groups excluding carboxylic acids is 1. The minimum Gasteiger partial charge on any atom is -0.290 e. The Bertz CT molecular complexity index is 342. The molecule has 0 aliphatic rings. The Morgan fingerprint density at radius 3 is 3.08 bits per heavy atom. The van der Waals surface area contributed by atoms with Crippen molar-refractivity contribution in [3.8, 4) is 6.07 Å². The van der Waals surface area contributed by atoms with E-state index in [0.717, 1.165) is 0 Å². The second-order valence-corrected chi connectivity index (χ2v) is 2.02. The fourth-order valence-corrected chi connectivity index (χ4v) is 0.716. The monoisotopic (exact) mass is 162 g/mol. The summed E-state index contributed by atoms with van der Waals surface area (Å²) in [5.74, 6) is 4.46. The highest BCUT2D eigenvalue weighted by atomic mass is 16.2. The molecule has 0 aromatic carbocycles. The van der Waals surface area contributed by atoms with Gasteiger partial charge < -0.3 is 0 Å². The highest BCUT2D eigenvalue weighted by Gasteiger charge is 2.03. The Hall–Kier alpha value is -1.93. The van der Waals surface area contributed by atoms with Crippen LogP contribution in [0.3, 0.4) is 0 Å². The Kier molecular flexibility index (Phi) is 2.35. The van der Waals surface area contributed by atoms with Crippen molar-refractivity contribution in [1.82, 2.24) is 10.4 Å². The van der Waals surface area contributed by atoms with Crippen molar-refractivity contribution >= 4 is 5.91 Å². The van der Waals surface area contributed by atoms with Crippen molar-refractivity contribution in [2.24, 2.45) is 5.84 Å². The lowest BCUT2D eigenvalue weighted by Crippen LogP contribution is -2.30. The normalized spacial score (nSPS) is 8.67. The predicted molar refractivity (Wildman–Crippen MR) is 40.6 cm³/mol. The van der Waals surface area contributed by atoms with Gasteiger partial charge in [-0.2, -0.15) is 5.26 Å². The summed E-state index contributed by atoms with van der Waals surface area (Å²) in [6, 6.07) is 4.65. The van der Waals surface area contributed by atoms with Gasteiger partial charge in [-0.3, -0.25) is 10.2 Å². The van der Waals surface area contributed by atoms with Crippen molar-refractivity contribution in [3.05, 3.63) is 29.6 Å². The standard InChI is InChI=1S/C7H6N4O/c8-4-6-3-5(1-2-10-6)7(12)11-9/h1-3H,9H2,(H,11,12). The van der Waals surface area contributed by atoms with E-state index in [4.69, 9.17) is 11.1 Å². The third kappa shape index (κ3) is 1.56. The van der Waals surface area contributed by atoms with Gasteiger partial charge in [0.2, 0.25) is 0 Å². The average molecular weight is 162 g/mol. The lowest BCUT2D eigenvalue weighted by atomic mass is 10.2. The number of hydrogen-bond acceptors (Lipinski definition) is 4. The van der Waals surface area contributed by atoms with Crippen molar-refractivity contribution in [1.29, 1.82) is 5.26 Å². The Morgan fingerprint density at radius 2 is 2.50 bits per heavy atom. The number of aromatic nitrogens is 1. The summed E-state index contributed by atoms with van der Waals surface area (Å²) >= 11 is 0. The molecule has 1 rings (SSSR count). The van der Waals surface area contributed by atoms with Crippen molar-refractivity contribution < 1.29 is 4.79 Å². The summed E-state index contributed by atoms with van der Waals surface area (Å²) in [6.45, 7) is 0. The van der Waals surface area contributed by atoms with Gasteiger partial charge in [-0.05, 0) is 12.1 Å². The first-order valence-corrected chi connectivity index (χ1v) is 3.15. The summed E-state index contributed by atoms with van der Waals surface area (Å²) in [5.41, 5.74) is 2.47. The highest BCUT2D eigenvalue weighted by Crippen LogP contribution is 1.99. The van der Waals surface area contributed by atoms with Crippen LogP contribution in [0.1, 0.15) is 16.1 Å². The number of nitriles is 1. The Labute approximate surface area is 68.8 Å². The minimum absolute atomic E-state index is 0.191. The Balaban J connectivity index is 3.04. The van der Waals surface area contributed by atoms with Crippen LogP contribution in [0.15, 0.2) is 18.3 Å². The Morgan fingerprint density at radius 1 is 1.75 bits per heavy atom. The van der Waals surface area contributed by atoms with E-state index in [1.54, 1.807) is 0 Å². The third-order valence-corrected chi connectivity index (χ3v) is 1.27. The summed E-state index contributed by atoms with van der Waals surface area (Å²) in [7, 11) is 0. The number of nitrogen functional groups attached to an aromatic ring is 1. The molecule has 60 valence electrons. The van der Waals surface area contributed by atoms with E-state index in [1.807, 2.05) is 11.5 Å². The van der Waals surface area contributed by atoms with Crippen LogP contribution in [0.2, 0.25) is 0 Å². The molecule has 5 nitrogen and oxygen atoms in total. The van der Waals surface area contributed by atoms with Gasteiger partial charge in [0.15, 0.2) is 0 Å². The molecule has 3 N–H and O–H groups in total. The first-order chi connectivity index (χ1) is 5.77. The number of nitrogens with zero attached hydrogens (tertiary/aromatic N) is 2.